The van der Waals surface area contributed by atoms with Crippen molar-refractivity contribution in [1.29, 1.82) is 0 Å². The maximum absolute atomic E-state index is 12.4. The molecule has 5 heteroatoms. The Morgan fingerprint density at radius 2 is 2.26 bits per heavy atom. The summed E-state index contributed by atoms with van der Waals surface area (Å²) in [5.41, 5.74) is 1.96. The Labute approximate surface area is 136 Å². The zero-order valence-corrected chi connectivity index (χ0v) is 13.8. The number of nitrogens with zero attached hydrogens (tertiary/aromatic N) is 1. The Kier molecular flexibility index (Phi) is 4.86. The van der Waals surface area contributed by atoms with E-state index in [2.05, 4.69) is 5.32 Å². The number of furan rings is 1. The van der Waals surface area contributed by atoms with Crippen LogP contribution in [0.15, 0.2) is 28.7 Å². The summed E-state index contributed by atoms with van der Waals surface area (Å²) in [6.07, 6.45) is 2.16. The number of ether oxygens (including phenoxy) is 1. The molecule has 1 fully saturated rings. The highest BCUT2D eigenvalue weighted by atomic mass is 16.5. The summed E-state index contributed by atoms with van der Waals surface area (Å²) >= 11 is 0. The van der Waals surface area contributed by atoms with Crippen molar-refractivity contribution in [3.63, 3.8) is 0 Å². The van der Waals surface area contributed by atoms with Crippen LogP contribution in [0.25, 0.3) is 11.0 Å². The molecule has 1 saturated heterocycles. The number of benzene rings is 1. The molecule has 0 unspecified atom stereocenters. The van der Waals surface area contributed by atoms with Crippen molar-refractivity contribution in [2.75, 3.05) is 26.8 Å². The Balaban J connectivity index is 1.60. The zero-order valence-electron chi connectivity index (χ0n) is 13.8. The number of likely N-dealkylation sites (tertiary alicyclic amines) is 1. The number of urea groups is 1. The van der Waals surface area contributed by atoms with Crippen molar-refractivity contribution in [1.82, 2.24) is 10.2 Å². The van der Waals surface area contributed by atoms with Crippen molar-refractivity contribution in [2.45, 2.75) is 26.3 Å². The molecule has 1 aliphatic rings. The lowest BCUT2D eigenvalue weighted by atomic mass is 9.99. The summed E-state index contributed by atoms with van der Waals surface area (Å²) < 4.78 is 11.1. The SMILES string of the molecule is COC[C@@H]1CCCN(C(=O)NCc2oc3ccccc3c2C)C1. The minimum Gasteiger partial charge on any atom is -0.459 e. The van der Waals surface area contributed by atoms with E-state index in [9.17, 15) is 4.79 Å². The molecule has 0 bridgehead atoms. The highest BCUT2D eigenvalue weighted by Crippen LogP contribution is 2.24. The number of hydrogen-bond acceptors (Lipinski definition) is 3. The number of nitrogens with one attached hydrogen (secondary N) is 1. The number of fused-ring (bicyclic) bond motifs is 1. The lowest BCUT2D eigenvalue weighted by Gasteiger charge is -2.32. The third-order valence-corrected chi connectivity index (χ3v) is 4.55. The van der Waals surface area contributed by atoms with Crippen LogP contribution in [0.2, 0.25) is 0 Å². The number of para-hydroxylation sites is 1. The molecular weight excluding hydrogens is 292 g/mol. The van der Waals surface area contributed by atoms with Crippen LogP contribution in [0.3, 0.4) is 0 Å². The monoisotopic (exact) mass is 316 g/mol. The minimum atomic E-state index is -0.0225. The molecule has 0 aliphatic carbocycles. The number of rotatable bonds is 4. The van der Waals surface area contributed by atoms with Gasteiger partial charge in [-0.05, 0) is 25.8 Å². The van der Waals surface area contributed by atoms with Crippen LogP contribution in [0, 0.1) is 12.8 Å². The lowest BCUT2D eigenvalue weighted by Crippen LogP contribution is -2.46. The Morgan fingerprint density at radius 1 is 1.43 bits per heavy atom. The summed E-state index contributed by atoms with van der Waals surface area (Å²) in [6, 6.07) is 7.92. The van der Waals surface area contributed by atoms with E-state index in [0.717, 1.165) is 48.2 Å². The van der Waals surface area contributed by atoms with Gasteiger partial charge >= 0.3 is 6.03 Å². The van der Waals surface area contributed by atoms with E-state index in [1.54, 1.807) is 7.11 Å². The van der Waals surface area contributed by atoms with Gasteiger partial charge in [-0.1, -0.05) is 18.2 Å². The maximum Gasteiger partial charge on any atom is 0.317 e. The second-order valence-corrected chi connectivity index (χ2v) is 6.21. The molecule has 5 nitrogen and oxygen atoms in total. The average molecular weight is 316 g/mol. The summed E-state index contributed by atoms with van der Waals surface area (Å²) in [5, 5.41) is 4.09. The van der Waals surface area contributed by atoms with Crippen LogP contribution in [0.1, 0.15) is 24.2 Å². The van der Waals surface area contributed by atoms with E-state index < -0.39 is 0 Å². The van der Waals surface area contributed by atoms with Crippen molar-refractivity contribution < 1.29 is 13.9 Å². The first-order valence-electron chi connectivity index (χ1n) is 8.17. The van der Waals surface area contributed by atoms with Crippen molar-refractivity contribution >= 4 is 17.0 Å². The molecule has 1 N–H and O–H groups in total. The van der Waals surface area contributed by atoms with Crippen molar-refractivity contribution in [3.05, 3.63) is 35.6 Å². The largest absolute Gasteiger partial charge is 0.459 e. The molecule has 1 atom stereocenters. The summed E-state index contributed by atoms with van der Waals surface area (Å²) in [4.78, 5) is 14.3. The molecule has 1 aromatic carbocycles. The van der Waals surface area contributed by atoms with Crippen LogP contribution in [-0.2, 0) is 11.3 Å². The molecule has 23 heavy (non-hydrogen) atoms. The lowest BCUT2D eigenvalue weighted by molar-refractivity contribution is 0.100. The standard InChI is InChI=1S/C18H24N2O3/c1-13-15-7-3-4-8-16(15)23-17(13)10-19-18(21)20-9-5-6-14(11-20)12-22-2/h3-4,7-8,14H,5-6,9-12H2,1-2H3,(H,19,21)/t14-/m1/s1. The van der Waals surface area contributed by atoms with Crippen LogP contribution < -0.4 is 5.32 Å². The number of carbonyl (C=O) groups is 1. The van der Waals surface area contributed by atoms with Gasteiger partial charge in [0.15, 0.2) is 0 Å². The third kappa shape index (κ3) is 3.50. The van der Waals surface area contributed by atoms with E-state index in [0.29, 0.717) is 19.1 Å². The smallest absolute Gasteiger partial charge is 0.317 e. The molecule has 0 spiro atoms. The van der Waals surface area contributed by atoms with E-state index >= 15 is 0 Å². The Morgan fingerprint density at radius 3 is 3.04 bits per heavy atom. The van der Waals surface area contributed by atoms with Crippen LogP contribution in [0.5, 0.6) is 0 Å². The second-order valence-electron chi connectivity index (χ2n) is 6.21. The number of piperidine rings is 1. The molecule has 2 aromatic rings. The molecule has 1 aromatic heterocycles. The quantitative estimate of drug-likeness (QED) is 0.941. The maximum atomic E-state index is 12.4. The van der Waals surface area contributed by atoms with Gasteiger partial charge in [0.2, 0.25) is 0 Å². The molecular formula is C18H24N2O3. The van der Waals surface area contributed by atoms with Gasteiger partial charge in [0.05, 0.1) is 13.2 Å². The number of carbonyl (C=O) groups excluding carboxylic acids is 1. The first kappa shape index (κ1) is 15.9. The molecule has 2 amide bonds. The van der Waals surface area contributed by atoms with Gasteiger partial charge in [-0.25, -0.2) is 4.79 Å². The second kappa shape index (κ2) is 7.04. The predicted molar refractivity (Wildman–Crippen MR) is 89.4 cm³/mol. The fourth-order valence-corrected chi connectivity index (χ4v) is 3.28. The van der Waals surface area contributed by atoms with Crippen molar-refractivity contribution in [3.8, 4) is 0 Å². The van der Waals surface area contributed by atoms with Crippen LogP contribution >= 0.6 is 0 Å². The van der Waals surface area contributed by atoms with Gasteiger partial charge in [-0.15, -0.1) is 0 Å². The van der Waals surface area contributed by atoms with E-state index in [1.807, 2.05) is 36.1 Å². The average Bonchev–Trinajstić information content (AvgIpc) is 2.90. The highest BCUT2D eigenvalue weighted by Gasteiger charge is 2.23. The normalized spacial score (nSPS) is 18.3. The Bertz CT molecular complexity index is 678. The number of hydrogen-bond donors (Lipinski definition) is 1. The van der Waals surface area contributed by atoms with E-state index in [1.165, 1.54) is 0 Å². The first-order chi connectivity index (χ1) is 11.2. The van der Waals surface area contributed by atoms with Crippen LogP contribution in [0.4, 0.5) is 4.79 Å². The summed E-state index contributed by atoms with van der Waals surface area (Å²) in [7, 11) is 1.71. The van der Waals surface area contributed by atoms with Gasteiger partial charge in [-0.2, -0.15) is 0 Å². The fraction of sp³-hybridized carbons (Fsp3) is 0.500. The molecule has 1 aliphatic heterocycles. The first-order valence-corrected chi connectivity index (χ1v) is 8.17. The molecule has 2 heterocycles. The molecule has 3 rings (SSSR count). The molecule has 0 saturated carbocycles. The third-order valence-electron chi connectivity index (χ3n) is 4.55. The van der Waals surface area contributed by atoms with Crippen LogP contribution in [-0.4, -0.2) is 37.7 Å². The minimum absolute atomic E-state index is 0.0225. The van der Waals surface area contributed by atoms with Gasteiger partial charge in [0.25, 0.3) is 0 Å². The topological polar surface area (TPSA) is 54.7 Å². The summed E-state index contributed by atoms with van der Waals surface area (Å²) in [6.45, 7) is 4.74. The molecule has 124 valence electrons. The molecule has 0 radical (unpaired) electrons. The fourth-order valence-electron chi connectivity index (χ4n) is 3.28. The zero-order chi connectivity index (χ0) is 16.2. The number of methoxy groups -OCH3 is 1. The predicted octanol–water partition coefficient (Wildman–Crippen LogP) is 3.31. The van der Waals surface area contributed by atoms with Gasteiger partial charge in [0.1, 0.15) is 11.3 Å². The Hall–Kier alpha value is -2.01. The van der Waals surface area contributed by atoms with Gasteiger partial charge < -0.3 is 19.4 Å². The van der Waals surface area contributed by atoms with Gasteiger partial charge in [-0.3, -0.25) is 0 Å². The number of amides is 2. The summed E-state index contributed by atoms with van der Waals surface area (Å²) in [5.74, 6) is 1.26. The highest BCUT2D eigenvalue weighted by molar-refractivity contribution is 5.82. The van der Waals surface area contributed by atoms with E-state index in [4.69, 9.17) is 9.15 Å². The van der Waals surface area contributed by atoms with Crippen molar-refractivity contribution in [2.24, 2.45) is 5.92 Å². The van der Waals surface area contributed by atoms with E-state index in [-0.39, 0.29) is 6.03 Å². The number of aryl methyl sites for hydroxylation is 1. The van der Waals surface area contributed by atoms with Gasteiger partial charge in [0, 0.05) is 37.1 Å².